The van der Waals surface area contributed by atoms with Gasteiger partial charge in [0.05, 0.1) is 18.1 Å². The fourth-order valence-corrected chi connectivity index (χ4v) is 3.90. The number of thioether (sulfide) groups is 1. The molecule has 2 N–H and O–H groups in total. The lowest BCUT2D eigenvalue weighted by molar-refractivity contribution is -0.132. The highest BCUT2D eigenvalue weighted by Gasteiger charge is 2.21. The third-order valence-electron chi connectivity index (χ3n) is 4.60. The van der Waals surface area contributed by atoms with Gasteiger partial charge in [-0.1, -0.05) is 22.8 Å². The van der Waals surface area contributed by atoms with Crippen molar-refractivity contribution in [2.45, 2.75) is 6.92 Å². The monoisotopic (exact) mass is 465 g/mol. The van der Waals surface area contributed by atoms with Crippen LogP contribution in [0.1, 0.15) is 5.76 Å². The first kappa shape index (κ1) is 23.0. The molecule has 1 aromatic carbocycles. The number of rotatable bonds is 8. The van der Waals surface area contributed by atoms with Crippen LogP contribution in [0.3, 0.4) is 0 Å². The molecular weight excluding hydrogens is 442 g/mol. The predicted molar refractivity (Wildman–Crippen MR) is 120 cm³/mol. The van der Waals surface area contributed by atoms with Crippen LogP contribution in [0, 0.1) is 6.92 Å². The zero-order valence-electron chi connectivity index (χ0n) is 17.1. The fourth-order valence-electron chi connectivity index (χ4n) is 3.06. The van der Waals surface area contributed by atoms with Gasteiger partial charge >= 0.3 is 0 Å². The van der Waals surface area contributed by atoms with Crippen LogP contribution in [-0.4, -0.2) is 72.0 Å². The molecule has 2 aromatic rings. The van der Waals surface area contributed by atoms with E-state index in [0.29, 0.717) is 42.8 Å². The first-order valence-electron chi connectivity index (χ1n) is 9.76. The Morgan fingerprint density at radius 3 is 2.55 bits per heavy atom. The van der Waals surface area contributed by atoms with Gasteiger partial charge in [-0.2, -0.15) is 0 Å². The van der Waals surface area contributed by atoms with Gasteiger partial charge in [-0.15, -0.1) is 11.8 Å². The van der Waals surface area contributed by atoms with Gasteiger partial charge in [-0.05, 0) is 25.1 Å². The Labute approximate surface area is 189 Å². The summed E-state index contributed by atoms with van der Waals surface area (Å²) in [7, 11) is 0. The molecule has 0 unspecified atom stereocenters. The molecule has 0 spiro atoms. The normalized spacial score (nSPS) is 13.7. The summed E-state index contributed by atoms with van der Waals surface area (Å²) in [6, 6.07) is 9.24. The van der Waals surface area contributed by atoms with E-state index >= 15 is 0 Å². The molecule has 2 heterocycles. The number of hydrogen-bond donors (Lipinski definition) is 2. The van der Waals surface area contributed by atoms with E-state index in [4.69, 9.17) is 16.1 Å². The molecule has 0 radical (unpaired) electrons. The zero-order valence-corrected chi connectivity index (χ0v) is 18.7. The van der Waals surface area contributed by atoms with Crippen molar-refractivity contribution in [3.63, 3.8) is 0 Å². The summed E-state index contributed by atoms with van der Waals surface area (Å²) < 4.78 is 4.87. The van der Waals surface area contributed by atoms with E-state index < -0.39 is 0 Å². The maximum Gasteiger partial charge on any atom is 0.242 e. The number of carbonyl (C=O) groups is 3. The summed E-state index contributed by atoms with van der Waals surface area (Å²) in [6.45, 7) is 4.24. The number of benzene rings is 1. The lowest BCUT2D eigenvalue weighted by Gasteiger charge is -2.36. The molecule has 1 aliphatic rings. The van der Waals surface area contributed by atoms with E-state index in [0.717, 1.165) is 17.4 Å². The minimum Gasteiger partial charge on any atom is -0.368 e. The van der Waals surface area contributed by atoms with Crippen molar-refractivity contribution >= 4 is 52.6 Å². The van der Waals surface area contributed by atoms with Gasteiger partial charge in [0.25, 0.3) is 0 Å². The fraction of sp³-hybridized carbons (Fsp3) is 0.400. The SMILES string of the molecule is Cc1cc(NC(=O)CSCC(=O)NCC(=O)N2CCN(c3cccc(Cl)c3)CC2)no1. The number of carbonyl (C=O) groups excluding carboxylic acids is 3. The highest BCUT2D eigenvalue weighted by atomic mass is 35.5. The molecule has 1 aliphatic heterocycles. The molecule has 1 saturated heterocycles. The van der Waals surface area contributed by atoms with E-state index in [-0.39, 0.29) is 35.8 Å². The number of amides is 3. The van der Waals surface area contributed by atoms with Gasteiger partial charge in [0, 0.05) is 43.0 Å². The summed E-state index contributed by atoms with van der Waals surface area (Å²) in [5.74, 6) is 0.426. The second-order valence-electron chi connectivity index (χ2n) is 6.99. The molecule has 1 aromatic heterocycles. The lowest BCUT2D eigenvalue weighted by Crippen LogP contribution is -2.51. The quantitative estimate of drug-likeness (QED) is 0.611. The van der Waals surface area contributed by atoms with Crippen LogP contribution in [0.25, 0.3) is 0 Å². The van der Waals surface area contributed by atoms with Crippen molar-refractivity contribution in [3.8, 4) is 0 Å². The average molecular weight is 466 g/mol. The second-order valence-corrected chi connectivity index (χ2v) is 8.41. The average Bonchev–Trinajstić information content (AvgIpc) is 3.16. The van der Waals surface area contributed by atoms with Gasteiger partial charge in [0.15, 0.2) is 5.82 Å². The number of anilines is 2. The smallest absolute Gasteiger partial charge is 0.242 e. The number of aromatic nitrogens is 1. The van der Waals surface area contributed by atoms with Gasteiger partial charge < -0.3 is 25.0 Å². The van der Waals surface area contributed by atoms with E-state index in [1.54, 1.807) is 17.9 Å². The Bertz CT molecular complexity index is 930. The third-order valence-corrected chi connectivity index (χ3v) is 5.77. The molecule has 11 heteroatoms. The van der Waals surface area contributed by atoms with Crippen LogP contribution in [0.2, 0.25) is 5.02 Å². The van der Waals surface area contributed by atoms with Crippen LogP contribution in [0.15, 0.2) is 34.9 Å². The van der Waals surface area contributed by atoms with Gasteiger partial charge in [-0.25, -0.2) is 0 Å². The minimum absolute atomic E-state index is 0.0546. The Hall–Kier alpha value is -2.72. The molecule has 0 saturated carbocycles. The summed E-state index contributed by atoms with van der Waals surface area (Å²) in [5, 5.41) is 9.55. The first-order chi connectivity index (χ1) is 14.9. The first-order valence-corrected chi connectivity index (χ1v) is 11.3. The van der Waals surface area contributed by atoms with Crippen molar-refractivity contribution in [1.29, 1.82) is 0 Å². The second kappa shape index (κ2) is 11.1. The van der Waals surface area contributed by atoms with E-state index in [2.05, 4.69) is 20.7 Å². The van der Waals surface area contributed by atoms with Gasteiger partial charge in [0.2, 0.25) is 17.7 Å². The third kappa shape index (κ3) is 7.18. The summed E-state index contributed by atoms with van der Waals surface area (Å²) in [4.78, 5) is 40.1. The molecule has 3 rings (SSSR count). The molecule has 3 amide bonds. The molecule has 0 atom stereocenters. The van der Waals surface area contributed by atoms with Crippen LogP contribution in [0.4, 0.5) is 11.5 Å². The van der Waals surface area contributed by atoms with Crippen molar-refractivity contribution in [1.82, 2.24) is 15.4 Å². The topological polar surface area (TPSA) is 108 Å². The molecule has 0 bridgehead atoms. The van der Waals surface area contributed by atoms with Crippen molar-refractivity contribution in [2.24, 2.45) is 0 Å². The van der Waals surface area contributed by atoms with Crippen molar-refractivity contribution in [3.05, 3.63) is 41.1 Å². The minimum atomic E-state index is -0.291. The standard InChI is InChI=1S/C20H24ClN5O4S/c1-14-9-17(24-30-14)23-19(28)13-31-12-18(27)22-11-20(29)26-7-5-25(6-8-26)16-4-2-3-15(21)10-16/h2-4,9-10H,5-8,11-13H2,1H3,(H,22,27)(H,23,24,28). The number of hydrogen-bond acceptors (Lipinski definition) is 7. The van der Waals surface area contributed by atoms with Gasteiger partial charge in [0.1, 0.15) is 5.76 Å². The molecule has 9 nitrogen and oxygen atoms in total. The molecule has 1 fully saturated rings. The maximum atomic E-state index is 12.4. The van der Waals surface area contributed by atoms with E-state index in [1.165, 1.54) is 0 Å². The number of halogens is 1. The summed E-state index contributed by atoms with van der Waals surface area (Å²) in [5.41, 5.74) is 1.03. The Balaban J connectivity index is 1.30. The molecular formula is C20H24ClN5O4S. The number of aryl methyl sites for hydroxylation is 1. The summed E-state index contributed by atoms with van der Waals surface area (Å²) in [6.07, 6.45) is 0. The largest absolute Gasteiger partial charge is 0.368 e. The zero-order chi connectivity index (χ0) is 22.2. The number of nitrogens with zero attached hydrogens (tertiary/aromatic N) is 3. The number of nitrogens with one attached hydrogen (secondary N) is 2. The van der Waals surface area contributed by atoms with Crippen LogP contribution in [-0.2, 0) is 14.4 Å². The number of piperazine rings is 1. The summed E-state index contributed by atoms with van der Waals surface area (Å²) >= 11 is 7.20. The Morgan fingerprint density at radius 1 is 1.13 bits per heavy atom. The highest BCUT2D eigenvalue weighted by Crippen LogP contribution is 2.20. The van der Waals surface area contributed by atoms with Crippen molar-refractivity contribution < 1.29 is 18.9 Å². The molecule has 0 aliphatic carbocycles. The Kier molecular flexibility index (Phi) is 8.19. The molecule has 166 valence electrons. The highest BCUT2D eigenvalue weighted by molar-refractivity contribution is 8.00. The van der Waals surface area contributed by atoms with E-state index in [1.807, 2.05) is 24.3 Å². The van der Waals surface area contributed by atoms with Crippen LogP contribution >= 0.6 is 23.4 Å². The maximum absolute atomic E-state index is 12.4. The van der Waals surface area contributed by atoms with Gasteiger partial charge in [-0.3, -0.25) is 14.4 Å². The predicted octanol–water partition coefficient (Wildman–Crippen LogP) is 1.77. The van der Waals surface area contributed by atoms with Crippen LogP contribution in [0.5, 0.6) is 0 Å². The van der Waals surface area contributed by atoms with Crippen molar-refractivity contribution in [2.75, 3.05) is 54.4 Å². The molecule has 31 heavy (non-hydrogen) atoms. The Morgan fingerprint density at radius 2 is 1.87 bits per heavy atom. The van der Waals surface area contributed by atoms with Crippen LogP contribution < -0.4 is 15.5 Å². The lowest BCUT2D eigenvalue weighted by atomic mass is 10.2. The van der Waals surface area contributed by atoms with E-state index in [9.17, 15) is 14.4 Å².